The molecule has 0 fully saturated rings. The molecule has 74 valence electrons. The summed E-state index contributed by atoms with van der Waals surface area (Å²) in [5.41, 5.74) is 0.920. The second-order valence-electron chi connectivity index (χ2n) is 3.41. The van der Waals surface area contributed by atoms with Crippen molar-refractivity contribution in [3.63, 3.8) is 0 Å². The number of rotatable bonds is 4. The number of aliphatic hydroxyl groups is 2. The molecular weight excluding hydrogens is 166 g/mol. The summed E-state index contributed by atoms with van der Waals surface area (Å²) in [6.07, 6.45) is 3.75. The third kappa shape index (κ3) is 2.86. The van der Waals surface area contributed by atoms with Gasteiger partial charge in [-0.05, 0) is 25.0 Å². The topological polar surface area (TPSA) is 45.4 Å². The number of aromatic nitrogens is 1. The van der Waals surface area contributed by atoms with Gasteiger partial charge in [-0.3, -0.25) is 0 Å². The number of hydrogen-bond donors (Lipinski definition) is 2. The summed E-state index contributed by atoms with van der Waals surface area (Å²) in [4.78, 5) is 0. The second kappa shape index (κ2) is 4.44. The molecule has 0 aromatic carbocycles. The summed E-state index contributed by atoms with van der Waals surface area (Å²) >= 11 is 0. The first-order valence-electron chi connectivity index (χ1n) is 4.65. The van der Waals surface area contributed by atoms with E-state index in [1.165, 1.54) is 0 Å². The van der Waals surface area contributed by atoms with Gasteiger partial charge in [0, 0.05) is 18.9 Å². The molecule has 2 N–H and O–H groups in total. The van der Waals surface area contributed by atoms with Gasteiger partial charge in [0.25, 0.3) is 0 Å². The van der Waals surface area contributed by atoms with Gasteiger partial charge in [0.05, 0.1) is 12.2 Å². The summed E-state index contributed by atoms with van der Waals surface area (Å²) in [7, 11) is 0. The first kappa shape index (κ1) is 10.3. The lowest BCUT2D eigenvalue weighted by Gasteiger charge is -2.06. The Bertz CT molecular complexity index is 255. The Morgan fingerprint density at radius 2 is 2.15 bits per heavy atom. The van der Waals surface area contributed by atoms with Gasteiger partial charge in [0.2, 0.25) is 0 Å². The Balaban J connectivity index is 2.63. The molecule has 0 aliphatic rings. The van der Waals surface area contributed by atoms with Crippen LogP contribution in [0.15, 0.2) is 18.5 Å². The molecule has 1 heterocycles. The van der Waals surface area contributed by atoms with Gasteiger partial charge in [-0.1, -0.05) is 6.92 Å². The van der Waals surface area contributed by atoms with E-state index in [1.807, 2.05) is 30.0 Å². The van der Waals surface area contributed by atoms with Crippen LogP contribution in [0.4, 0.5) is 0 Å². The molecule has 2 unspecified atom stereocenters. The molecular formula is C10H17NO2. The van der Waals surface area contributed by atoms with Gasteiger partial charge >= 0.3 is 0 Å². The molecule has 0 aliphatic heterocycles. The Labute approximate surface area is 78.6 Å². The zero-order chi connectivity index (χ0) is 9.84. The molecule has 0 radical (unpaired) electrons. The van der Waals surface area contributed by atoms with E-state index in [-0.39, 0.29) is 12.2 Å². The minimum atomic E-state index is -0.379. The van der Waals surface area contributed by atoms with E-state index in [1.54, 1.807) is 6.92 Å². The molecule has 3 nitrogen and oxygen atoms in total. The number of nitrogens with zero attached hydrogens (tertiary/aromatic N) is 1. The first-order valence-corrected chi connectivity index (χ1v) is 4.65. The van der Waals surface area contributed by atoms with Gasteiger partial charge in [0.15, 0.2) is 0 Å². The van der Waals surface area contributed by atoms with E-state index in [4.69, 9.17) is 5.11 Å². The minimum Gasteiger partial charge on any atom is -0.392 e. The zero-order valence-corrected chi connectivity index (χ0v) is 8.14. The van der Waals surface area contributed by atoms with Crippen LogP contribution in [-0.4, -0.2) is 20.9 Å². The van der Waals surface area contributed by atoms with Crippen molar-refractivity contribution in [2.75, 3.05) is 0 Å². The first-order chi connectivity index (χ1) is 6.13. The quantitative estimate of drug-likeness (QED) is 0.739. The molecule has 0 saturated carbocycles. The third-order valence-corrected chi connectivity index (χ3v) is 2.02. The van der Waals surface area contributed by atoms with E-state index < -0.39 is 0 Å². The van der Waals surface area contributed by atoms with Gasteiger partial charge in [-0.15, -0.1) is 0 Å². The van der Waals surface area contributed by atoms with E-state index >= 15 is 0 Å². The normalized spacial score (nSPS) is 15.7. The molecule has 1 aromatic heterocycles. The van der Waals surface area contributed by atoms with Gasteiger partial charge in [-0.25, -0.2) is 0 Å². The average molecular weight is 183 g/mol. The highest BCUT2D eigenvalue weighted by Crippen LogP contribution is 2.16. The lowest BCUT2D eigenvalue weighted by molar-refractivity contribution is 0.168. The highest BCUT2D eigenvalue weighted by Gasteiger charge is 2.06. The van der Waals surface area contributed by atoms with Crippen molar-refractivity contribution < 1.29 is 10.2 Å². The summed E-state index contributed by atoms with van der Waals surface area (Å²) in [5, 5.41) is 18.6. The van der Waals surface area contributed by atoms with Crippen LogP contribution in [0.5, 0.6) is 0 Å². The van der Waals surface area contributed by atoms with E-state index in [2.05, 4.69) is 0 Å². The summed E-state index contributed by atoms with van der Waals surface area (Å²) < 4.78 is 1.89. The Morgan fingerprint density at radius 1 is 1.46 bits per heavy atom. The Morgan fingerprint density at radius 3 is 2.69 bits per heavy atom. The van der Waals surface area contributed by atoms with Crippen LogP contribution in [0.25, 0.3) is 0 Å². The SMILES string of the molecule is CCC(O)c1ccn(CC(C)O)c1. The van der Waals surface area contributed by atoms with Crippen LogP contribution in [0.3, 0.4) is 0 Å². The fraction of sp³-hybridized carbons (Fsp3) is 0.600. The maximum atomic E-state index is 9.50. The van der Waals surface area contributed by atoms with Crippen LogP contribution >= 0.6 is 0 Å². The second-order valence-corrected chi connectivity index (χ2v) is 3.41. The summed E-state index contributed by atoms with van der Waals surface area (Å²) in [6.45, 7) is 4.27. The smallest absolute Gasteiger partial charge is 0.0802 e. The van der Waals surface area contributed by atoms with Crippen LogP contribution in [0, 0.1) is 0 Å². The van der Waals surface area contributed by atoms with Crippen LogP contribution in [0.2, 0.25) is 0 Å². The molecule has 2 atom stereocenters. The lowest BCUT2D eigenvalue weighted by atomic mass is 10.1. The maximum Gasteiger partial charge on any atom is 0.0802 e. The standard InChI is InChI=1S/C10H17NO2/c1-3-10(13)9-4-5-11(7-9)6-8(2)12/h4-5,7-8,10,12-13H,3,6H2,1-2H3. The average Bonchev–Trinajstić information content (AvgIpc) is 2.50. The van der Waals surface area contributed by atoms with Crippen molar-refractivity contribution in [2.24, 2.45) is 0 Å². The minimum absolute atomic E-state index is 0.348. The van der Waals surface area contributed by atoms with Crippen LogP contribution < -0.4 is 0 Å². The number of hydrogen-bond acceptors (Lipinski definition) is 2. The zero-order valence-electron chi connectivity index (χ0n) is 8.14. The van der Waals surface area contributed by atoms with Gasteiger partial charge in [-0.2, -0.15) is 0 Å². The Hall–Kier alpha value is -0.800. The lowest BCUT2D eigenvalue weighted by Crippen LogP contribution is -2.09. The molecule has 0 amide bonds. The van der Waals surface area contributed by atoms with Crippen molar-refractivity contribution in [1.29, 1.82) is 0 Å². The summed E-state index contributed by atoms with van der Waals surface area (Å²) in [5.74, 6) is 0. The molecule has 1 rings (SSSR count). The van der Waals surface area contributed by atoms with Crippen molar-refractivity contribution in [1.82, 2.24) is 4.57 Å². The van der Waals surface area contributed by atoms with Crippen molar-refractivity contribution in [2.45, 2.75) is 39.0 Å². The largest absolute Gasteiger partial charge is 0.392 e. The van der Waals surface area contributed by atoms with Crippen molar-refractivity contribution in [3.05, 3.63) is 24.0 Å². The molecule has 0 bridgehead atoms. The predicted octanol–water partition coefficient (Wildman–Crippen LogP) is 1.31. The van der Waals surface area contributed by atoms with Crippen LogP contribution in [0.1, 0.15) is 31.9 Å². The van der Waals surface area contributed by atoms with E-state index in [0.29, 0.717) is 6.54 Å². The predicted molar refractivity (Wildman–Crippen MR) is 51.4 cm³/mol. The van der Waals surface area contributed by atoms with E-state index in [0.717, 1.165) is 12.0 Å². The van der Waals surface area contributed by atoms with Crippen molar-refractivity contribution >= 4 is 0 Å². The fourth-order valence-electron chi connectivity index (χ4n) is 1.31. The molecule has 1 aromatic rings. The fourth-order valence-corrected chi connectivity index (χ4v) is 1.31. The van der Waals surface area contributed by atoms with E-state index in [9.17, 15) is 5.11 Å². The number of aliphatic hydroxyl groups excluding tert-OH is 2. The highest BCUT2D eigenvalue weighted by molar-refractivity contribution is 5.13. The maximum absolute atomic E-state index is 9.50. The molecule has 0 aliphatic carbocycles. The molecule has 3 heteroatoms. The molecule has 0 saturated heterocycles. The van der Waals surface area contributed by atoms with Crippen molar-refractivity contribution in [3.8, 4) is 0 Å². The monoisotopic (exact) mass is 183 g/mol. The third-order valence-electron chi connectivity index (χ3n) is 2.02. The molecule has 13 heavy (non-hydrogen) atoms. The summed E-state index contributed by atoms with van der Waals surface area (Å²) in [6, 6.07) is 1.89. The van der Waals surface area contributed by atoms with Gasteiger partial charge < -0.3 is 14.8 Å². The van der Waals surface area contributed by atoms with Crippen LogP contribution in [-0.2, 0) is 6.54 Å². The van der Waals surface area contributed by atoms with Gasteiger partial charge in [0.1, 0.15) is 0 Å². The Kier molecular flexibility index (Phi) is 3.51. The molecule has 0 spiro atoms. The highest BCUT2D eigenvalue weighted by atomic mass is 16.3.